The Morgan fingerprint density at radius 3 is 2.95 bits per heavy atom. The third-order valence-electron chi connectivity index (χ3n) is 4.90. The van der Waals surface area contributed by atoms with Gasteiger partial charge in [0.1, 0.15) is 0 Å². The van der Waals surface area contributed by atoms with Crippen molar-refractivity contribution < 1.29 is 0 Å². The molecule has 1 aliphatic heterocycles. The highest BCUT2D eigenvalue weighted by Gasteiger charge is 2.29. The van der Waals surface area contributed by atoms with Crippen LogP contribution in [0.15, 0.2) is 24.3 Å². The topological polar surface area (TPSA) is 29.3 Å². The van der Waals surface area contributed by atoms with Gasteiger partial charge < -0.3 is 5.73 Å². The number of hydrogen-bond donors (Lipinski definition) is 1. The third-order valence-corrected chi connectivity index (χ3v) is 4.90. The Morgan fingerprint density at radius 2 is 2.05 bits per heavy atom. The van der Waals surface area contributed by atoms with Crippen molar-refractivity contribution in [2.45, 2.75) is 44.6 Å². The summed E-state index contributed by atoms with van der Waals surface area (Å²) in [6.45, 7) is 3.38. The van der Waals surface area contributed by atoms with Gasteiger partial charge in [-0.2, -0.15) is 0 Å². The molecule has 1 heterocycles. The molecule has 2 aliphatic rings. The van der Waals surface area contributed by atoms with Crippen LogP contribution >= 0.6 is 0 Å². The molecule has 2 atom stereocenters. The lowest BCUT2D eigenvalue weighted by atomic mass is 9.84. The molecule has 0 amide bonds. The fraction of sp³-hybridized carbons (Fsp3) is 0.647. The van der Waals surface area contributed by atoms with Gasteiger partial charge in [-0.25, -0.2) is 0 Å². The molecular weight excluding hydrogens is 232 g/mol. The second-order valence-electron chi connectivity index (χ2n) is 6.19. The van der Waals surface area contributed by atoms with Crippen molar-refractivity contribution in [1.29, 1.82) is 0 Å². The van der Waals surface area contributed by atoms with E-state index in [0.717, 1.165) is 12.5 Å². The van der Waals surface area contributed by atoms with E-state index in [0.29, 0.717) is 6.04 Å². The van der Waals surface area contributed by atoms with Crippen LogP contribution in [0.1, 0.15) is 49.3 Å². The van der Waals surface area contributed by atoms with Gasteiger partial charge in [-0.15, -0.1) is 0 Å². The highest BCUT2D eigenvalue weighted by atomic mass is 15.2. The van der Waals surface area contributed by atoms with Crippen LogP contribution in [-0.2, 0) is 6.42 Å². The number of rotatable bonds is 3. The molecule has 1 aromatic rings. The summed E-state index contributed by atoms with van der Waals surface area (Å²) in [5, 5.41) is 0. The Kier molecular flexibility index (Phi) is 4.19. The van der Waals surface area contributed by atoms with E-state index < -0.39 is 0 Å². The summed E-state index contributed by atoms with van der Waals surface area (Å²) in [6.07, 6.45) is 7.88. The van der Waals surface area contributed by atoms with Gasteiger partial charge in [0.05, 0.1) is 0 Å². The normalized spacial score (nSPS) is 28.1. The first-order chi connectivity index (χ1) is 9.38. The Bertz CT molecular complexity index is 413. The molecule has 0 radical (unpaired) electrons. The van der Waals surface area contributed by atoms with Gasteiger partial charge in [-0.3, -0.25) is 4.90 Å². The number of aryl methyl sites for hydroxylation is 1. The van der Waals surface area contributed by atoms with E-state index in [9.17, 15) is 0 Å². The molecule has 3 rings (SSSR count). The smallest absolute Gasteiger partial charge is 0.0351 e. The van der Waals surface area contributed by atoms with Crippen molar-refractivity contribution in [2.24, 2.45) is 11.7 Å². The Morgan fingerprint density at radius 1 is 1.16 bits per heavy atom. The summed E-state index contributed by atoms with van der Waals surface area (Å²) in [4.78, 5) is 2.74. The van der Waals surface area contributed by atoms with Crippen LogP contribution in [0.25, 0.3) is 0 Å². The van der Waals surface area contributed by atoms with Gasteiger partial charge in [-0.1, -0.05) is 24.3 Å². The maximum Gasteiger partial charge on any atom is 0.0351 e. The van der Waals surface area contributed by atoms with Crippen molar-refractivity contribution in [3.8, 4) is 0 Å². The van der Waals surface area contributed by atoms with E-state index in [-0.39, 0.29) is 0 Å². The van der Waals surface area contributed by atoms with E-state index in [4.69, 9.17) is 5.73 Å². The predicted molar refractivity (Wildman–Crippen MR) is 80.1 cm³/mol. The molecule has 0 spiro atoms. The van der Waals surface area contributed by atoms with Crippen molar-refractivity contribution in [2.75, 3.05) is 19.6 Å². The van der Waals surface area contributed by atoms with Gasteiger partial charge >= 0.3 is 0 Å². The van der Waals surface area contributed by atoms with E-state index in [1.54, 1.807) is 11.1 Å². The monoisotopic (exact) mass is 258 g/mol. The third kappa shape index (κ3) is 2.85. The lowest BCUT2D eigenvalue weighted by Gasteiger charge is -2.41. The minimum atomic E-state index is 0.672. The number of hydrogen-bond acceptors (Lipinski definition) is 2. The Hall–Kier alpha value is -0.860. The average Bonchev–Trinajstić information content (AvgIpc) is 2.47. The van der Waals surface area contributed by atoms with Crippen LogP contribution in [0, 0.1) is 5.92 Å². The van der Waals surface area contributed by atoms with Gasteiger partial charge in [-0.05, 0) is 68.7 Å². The maximum absolute atomic E-state index is 5.74. The average molecular weight is 258 g/mol. The van der Waals surface area contributed by atoms with Gasteiger partial charge in [0.25, 0.3) is 0 Å². The molecule has 2 heteroatoms. The van der Waals surface area contributed by atoms with Crippen molar-refractivity contribution in [3.63, 3.8) is 0 Å². The van der Waals surface area contributed by atoms with Gasteiger partial charge in [0.15, 0.2) is 0 Å². The number of piperidine rings is 1. The van der Waals surface area contributed by atoms with Crippen molar-refractivity contribution in [1.82, 2.24) is 4.90 Å². The lowest BCUT2D eigenvalue weighted by molar-refractivity contribution is 0.109. The molecule has 0 bridgehead atoms. The second-order valence-corrected chi connectivity index (χ2v) is 6.19. The molecule has 0 aromatic heterocycles. The molecule has 104 valence electrons. The summed E-state index contributed by atoms with van der Waals surface area (Å²) < 4.78 is 0. The SMILES string of the molecule is NCCC1CCCN(C2CCCc3ccccc32)C1. The molecule has 19 heavy (non-hydrogen) atoms. The highest BCUT2D eigenvalue weighted by Crippen LogP contribution is 2.36. The van der Waals surface area contributed by atoms with Crippen LogP contribution in [0.3, 0.4) is 0 Å². The van der Waals surface area contributed by atoms with E-state index in [1.165, 1.54) is 51.6 Å². The molecule has 2 unspecified atom stereocenters. The zero-order chi connectivity index (χ0) is 13.1. The van der Waals surface area contributed by atoms with Crippen LogP contribution < -0.4 is 5.73 Å². The fourth-order valence-electron chi connectivity index (χ4n) is 3.96. The molecule has 2 N–H and O–H groups in total. The minimum Gasteiger partial charge on any atom is -0.330 e. The largest absolute Gasteiger partial charge is 0.330 e. The summed E-state index contributed by atoms with van der Waals surface area (Å²) in [7, 11) is 0. The molecular formula is C17H26N2. The molecule has 1 aliphatic carbocycles. The van der Waals surface area contributed by atoms with Crippen LogP contribution in [0.4, 0.5) is 0 Å². The lowest BCUT2D eigenvalue weighted by Crippen LogP contribution is -2.40. The summed E-state index contributed by atoms with van der Waals surface area (Å²) in [6, 6.07) is 9.74. The molecule has 0 saturated carbocycles. The van der Waals surface area contributed by atoms with E-state index >= 15 is 0 Å². The van der Waals surface area contributed by atoms with E-state index in [1.807, 2.05) is 0 Å². The highest BCUT2D eigenvalue weighted by molar-refractivity contribution is 5.32. The predicted octanol–water partition coefficient (Wildman–Crippen LogP) is 3.12. The van der Waals surface area contributed by atoms with E-state index in [2.05, 4.69) is 29.2 Å². The summed E-state index contributed by atoms with van der Waals surface area (Å²) in [5.41, 5.74) is 8.92. The van der Waals surface area contributed by atoms with Crippen LogP contribution in [0.2, 0.25) is 0 Å². The van der Waals surface area contributed by atoms with Crippen molar-refractivity contribution in [3.05, 3.63) is 35.4 Å². The Labute approximate surface area is 117 Å². The zero-order valence-corrected chi connectivity index (χ0v) is 11.9. The standard InChI is InChI=1S/C17H26N2/c18-11-10-14-5-4-12-19(13-14)17-9-3-7-15-6-1-2-8-16(15)17/h1-2,6,8,14,17H,3-5,7,9-13,18H2. The molecule has 1 saturated heterocycles. The number of fused-ring (bicyclic) bond motifs is 1. The van der Waals surface area contributed by atoms with Gasteiger partial charge in [0, 0.05) is 12.6 Å². The summed E-state index contributed by atoms with van der Waals surface area (Å²) >= 11 is 0. The first-order valence-electron chi connectivity index (χ1n) is 7.90. The number of benzene rings is 1. The van der Waals surface area contributed by atoms with Crippen molar-refractivity contribution >= 4 is 0 Å². The fourth-order valence-corrected chi connectivity index (χ4v) is 3.96. The molecule has 1 aromatic carbocycles. The summed E-state index contributed by atoms with van der Waals surface area (Å²) in [5.74, 6) is 0.827. The van der Waals surface area contributed by atoms with Crippen LogP contribution in [-0.4, -0.2) is 24.5 Å². The molecule has 2 nitrogen and oxygen atoms in total. The first kappa shape index (κ1) is 13.1. The number of nitrogens with zero attached hydrogens (tertiary/aromatic N) is 1. The second kappa shape index (κ2) is 6.06. The number of nitrogens with two attached hydrogens (primary N) is 1. The first-order valence-corrected chi connectivity index (χ1v) is 7.90. The minimum absolute atomic E-state index is 0.672. The number of likely N-dealkylation sites (tertiary alicyclic amines) is 1. The maximum atomic E-state index is 5.74. The van der Waals surface area contributed by atoms with Crippen LogP contribution in [0.5, 0.6) is 0 Å². The molecule has 1 fully saturated rings. The quantitative estimate of drug-likeness (QED) is 0.902. The Balaban J connectivity index is 1.75. The zero-order valence-electron chi connectivity index (χ0n) is 11.9. The van der Waals surface area contributed by atoms with Gasteiger partial charge in [0.2, 0.25) is 0 Å².